The topological polar surface area (TPSA) is 75.1 Å². The lowest BCUT2D eigenvalue weighted by atomic mass is 9.94. The second-order valence-electron chi connectivity index (χ2n) is 4.98. The number of carboxylic acid groups (broad SMARTS) is 1. The molecule has 102 valence electrons. The fourth-order valence-corrected chi connectivity index (χ4v) is 2.41. The van der Waals surface area contributed by atoms with Crippen molar-refractivity contribution in [1.82, 2.24) is 9.55 Å². The summed E-state index contributed by atoms with van der Waals surface area (Å²) in [6, 6.07) is 4.90. The van der Waals surface area contributed by atoms with Crippen LogP contribution >= 0.6 is 0 Å². The molecule has 5 heteroatoms. The number of carbonyl (C=O) groups is 1. The molecule has 0 saturated carbocycles. The molecule has 2 rings (SSSR count). The van der Waals surface area contributed by atoms with Crippen LogP contribution in [-0.4, -0.2) is 20.6 Å². The highest BCUT2D eigenvalue weighted by molar-refractivity contribution is 6.01. The monoisotopic (exact) mass is 262 g/mol. The maximum atomic E-state index is 12.2. The zero-order valence-electron chi connectivity index (χ0n) is 11.4. The molecule has 1 aromatic heterocycles. The quantitative estimate of drug-likeness (QED) is 0.889. The van der Waals surface area contributed by atoms with Gasteiger partial charge in [-0.05, 0) is 31.9 Å². The third-order valence-corrected chi connectivity index (χ3v) is 4.00. The summed E-state index contributed by atoms with van der Waals surface area (Å²) in [6.45, 7) is 5.97. The van der Waals surface area contributed by atoms with Crippen molar-refractivity contribution in [3.05, 3.63) is 34.2 Å². The second kappa shape index (κ2) is 4.57. The number of aromatic carboxylic acids is 1. The Hall–Kier alpha value is -2.04. The molecule has 0 unspecified atom stereocenters. The average molecular weight is 262 g/mol. The Labute approximate surface area is 110 Å². The van der Waals surface area contributed by atoms with E-state index in [1.807, 2.05) is 20.8 Å². The number of rotatable bonds is 4. The maximum Gasteiger partial charge on any atom is 0.337 e. The summed E-state index contributed by atoms with van der Waals surface area (Å²) >= 11 is 0. The van der Waals surface area contributed by atoms with E-state index in [0.29, 0.717) is 11.0 Å². The van der Waals surface area contributed by atoms with E-state index < -0.39 is 5.97 Å². The summed E-state index contributed by atoms with van der Waals surface area (Å²) in [6.07, 6.45) is 1.51. The Balaban J connectivity index is 2.91. The maximum absolute atomic E-state index is 12.2. The summed E-state index contributed by atoms with van der Waals surface area (Å²) in [5, 5.41) is 9.30. The number of hydrogen-bond acceptors (Lipinski definition) is 2. The predicted octanol–water partition coefficient (Wildman–Crippen LogP) is 2.56. The number of para-hydroxylation sites is 1. The largest absolute Gasteiger partial charge is 0.478 e. The molecule has 5 nitrogen and oxygen atoms in total. The Morgan fingerprint density at radius 3 is 2.53 bits per heavy atom. The van der Waals surface area contributed by atoms with E-state index in [9.17, 15) is 14.7 Å². The highest BCUT2D eigenvalue weighted by atomic mass is 16.4. The van der Waals surface area contributed by atoms with Gasteiger partial charge in [-0.1, -0.05) is 19.9 Å². The van der Waals surface area contributed by atoms with Crippen molar-refractivity contribution in [1.29, 1.82) is 0 Å². The molecule has 1 aromatic carbocycles. The molecule has 1 heterocycles. The first kappa shape index (κ1) is 13.4. The lowest BCUT2D eigenvalue weighted by Gasteiger charge is -2.28. The van der Waals surface area contributed by atoms with Gasteiger partial charge in [-0.25, -0.2) is 9.59 Å². The van der Waals surface area contributed by atoms with Crippen LogP contribution in [0.4, 0.5) is 0 Å². The summed E-state index contributed by atoms with van der Waals surface area (Å²) in [4.78, 5) is 26.3. The van der Waals surface area contributed by atoms with Gasteiger partial charge in [0.2, 0.25) is 0 Å². The first-order valence-electron chi connectivity index (χ1n) is 6.42. The molecule has 2 N–H and O–H groups in total. The van der Waals surface area contributed by atoms with Crippen molar-refractivity contribution in [2.24, 2.45) is 0 Å². The second-order valence-corrected chi connectivity index (χ2v) is 4.98. The third kappa shape index (κ3) is 1.95. The van der Waals surface area contributed by atoms with Gasteiger partial charge in [0.1, 0.15) is 0 Å². The molecule has 19 heavy (non-hydrogen) atoms. The average Bonchev–Trinajstić information content (AvgIpc) is 2.73. The fraction of sp³-hybridized carbons (Fsp3) is 0.429. The van der Waals surface area contributed by atoms with E-state index in [0.717, 1.165) is 12.8 Å². The highest BCUT2D eigenvalue weighted by Gasteiger charge is 2.28. The molecule has 0 bridgehead atoms. The number of H-pyrrole nitrogens is 1. The molecule has 2 aromatic rings. The van der Waals surface area contributed by atoms with E-state index >= 15 is 0 Å². The highest BCUT2D eigenvalue weighted by Crippen LogP contribution is 2.28. The Morgan fingerprint density at radius 1 is 1.37 bits per heavy atom. The van der Waals surface area contributed by atoms with Gasteiger partial charge >= 0.3 is 11.7 Å². The molecule has 0 aliphatic heterocycles. The van der Waals surface area contributed by atoms with Gasteiger partial charge in [0.25, 0.3) is 0 Å². The molecule has 0 aliphatic carbocycles. The number of imidazole rings is 1. The van der Waals surface area contributed by atoms with Crippen LogP contribution in [0.3, 0.4) is 0 Å². The van der Waals surface area contributed by atoms with Crippen molar-refractivity contribution in [2.45, 2.75) is 39.2 Å². The van der Waals surface area contributed by atoms with Gasteiger partial charge in [0, 0.05) is 5.54 Å². The number of nitrogens with zero attached hydrogens (tertiary/aromatic N) is 1. The molecule has 0 radical (unpaired) electrons. The minimum atomic E-state index is -1.02. The van der Waals surface area contributed by atoms with Gasteiger partial charge in [-0.15, -0.1) is 0 Å². The lowest BCUT2D eigenvalue weighted by Crippen LogP contribution is -2.36. The fourth-order valence-electron chi connectivity index (χ4n) is 2.41. The number of benzene rings is 1. The molecule has 0 atom stereocenters. The van der Waals surface area contributed by atoms with E-state index in [-0.39, 0.29) is 16.8 Å². The van der Waals surface area contributed by atoms with Crippen LogP contribution in [-0.2, 0) is 5.54 Å². The SMILES string of the molecule is CCC(C)(CC)n1c(=O)[nH]c2cccc(C(=O)O)c21. The standard InChI is InChI=1S/C14H18N2O3/c1-4-14(3,5-2)16-11-9(12(17)18)7-6-8-10(11)15-13(16)19/h6-8H,4-5H2,1-3H3,(H,15,19)(H,17,18). The number of fused-ring (bicyclic) bond motifs is 1. The zero-order valence-corrected chi connectivity index (χ0v) is 11.4. The van der Waals surface area contributed by atoms with Crippen molar-refractivity contribution >= 4 is 17.0 Å². The number of hydrogen-bond donors (Lipinski definition) is 2. The van der Waals surface area contributed by atoms with Crippen LogP contribution in [0.15, 0.2) is 23.0 Å². The van der Waals surface area contributed by atoms with Crippen LogP contribution < -0.4 is 5.69 Å². The van der Waals surface area contributed by atoms with Crippen LogP contribution in [0.5, 0.6) is 0 Å². The van der Waals surface area contributed by atoms with Crippen LogP contribution in [0.1, 0.15) is 44.0 Å². The smallest absolute Gasteiger partial charge is 0.337 e. The van der Waals surface area contributed by atoms with Crippen LogP contribution in [0.25, 0.3) is 11.0 Å². The minimum Gasteiger partial charge on any atom is -0.478 e. The summed E-state index contributed by atoms with van der Waals surface area (Å²) in [5.41, 5.74) is 0.559. The van der Waals surface area contributed by atoms with E-state index in [1.165, 1.54) is 6.07 Å². The Morgan fingerprint density at radius 2 is 2.00 bits per heavy atom. The number of nitrogens with one attached hydrogen (secondary N) is 1. The Bertz CT molecular complexity index is 678. The van der Waals surface area contributed by atoms with Crippen LogP contribution in [0.2, 0.25) is 0 Å². The zero-order chi connectivity index (χ0) is 14.2. The summed E-state index contributed by atoms with van der Waals surface area (Å²) in [5.74, 6) is -1.02. The number of aromatic amines is 1. The lowest BCUT2D eigenvalue weighted by molar-refractivity contribution is 0.0698. The van der Waals surface area contributed by atoms with Crippen molar-refractivity contribution in [3.63, 3.8) is 0 Å². The van der Waals surface area contributed by atoms with E-state index in [1.54, 1.807) is 16.7 Å². The summed E-state index contributed by atoms with van der Waals surface area (Å²) < 4.78 is 1.59. The van der Waals surface area contributed by atoms with Gasteiger partial charge in [0.05, 0.1) is 16.6 Å². The molecular weight excluding hydrogens is 244 g/mol. The van der Waals surface area contributed by atoms with Gasteiger partial charge in [-0.2, -0.15) is 0 Å². The third-order valence-electron chi connectivity index (χ3n) is 4.00. The van der Waals surface area contributed by atoms with E-state index in [2.05, 4.69) is 4.98 Å². The molecular formula is C14H18N2O3. The van der Waals surface area contributed by atoms with Crippen molar-refractivity contribution in [2.75, 3.05) is 0 Å². The number of carboxylic acids is 1. The van der Waals surface area contributed by atoms with Crippen molar-refractivity contribution in [3.8, 4) is 0 Å². The van der Waals surface area contributed by atoms with Gasteiger partial charge in [0.15, 0.2) is 0 Å². The first-order chi connectivity index (χ1) is 8.94. The molecule has 0 amide bonds. The van der Waals surface area contributed by atoms with Gasteiger partial charge in [-0.3, -0.25) is 4.57 Å². The molecule has 0 spiro atoms. The normalized spacial score (nSPS) is 11.9. The van der Waals surface area contributed by atoms with Crippen molar-refractivity contribution < 1.29 is 9.90 Å². The molecule has 0 saturated heterocycles. The molecule has 0 aliphatic rings. The first-order valence-corrected chi connectivity index (χ1v) is 6.42. The van der Waals surface area contributed by atoms with Gasteiger partial charge < -0.3 is 10.1 Å². The summed E-state index contributed by atoms with van der Waals surface area (Å²) in [7, 11) is 0. The van der Waals surface area contributed by atoms with Crippen LogP contribution in [0, 0.1) is 0 Å². The number of aromatic nitrogens is 2. The van der Waals surface area contributed by atoms with E-state index in [4.69, 9.17) is 0 Å². The minimum absolute atomic E-state index is 0.156. The predicted molar refractivity (Wildman–Crippen MR) is 73.7 cm³/mol. The molecule has 0 fully saturated rings. The Kier molecular flexibility index (Phi) is 3.22.